The van der Waals surface area contributed by atoms with Crippen LogP contribution in [0.5, 0.6) is 0 Å². The molecule has 3 heterocycles. The Morgan fingerprint density at radius 1 is 1.56 bits per heavy atom. The van der Waals surface area contributed by atoms with Gasteiger partial charge in [0.05, 0.1) is 12.5 Å². The topological polar surface area (TPSA) is 78.5 Å². The Balaban J connectivity index is 1.61. The molecule has 0 aromatic carbocycles. The highest BCUT2D eigenvalue weighted by molar-refractivity contribution is 5.79. The van der Waals surface area contributed by atoms with Crippen molar-refractivity contribution in [3.63, 3.8) is 0 Å². The molecule has 2 fully saturated rings. The number of hydrogen-bond acceptors (Lipinski definition) is 4. The van der Waals surface area contributed by atoms with Crippen LogP contribution in [0.25, 0.3) is 0 Å². The summed E-state index contributed by atoms with van der Waals surface area (Å²) in [4.78, 5) is 26.9. The number of nitrogens with zero attached hydrogens (tertiary/aromatic N) is 3. The first-order valence-electron chi connectivity index (χ1n) is 5.93. The predicted octanol–water partition coefficient (Wildman–Crippen LogP) is -0.385. The molecule has 1 N–H and O–H groups in total. The Kier molecular flexibility index (Phi) is 2.66. The first kappa shape index (κ1) is 11.1. The summed E-state index contributed by atoms with van der Waals surface area (Å²) in [6.07, 6.45) is 1.69. The Morgan fingerprint density at radius 2 is 2.44 bits per heavy atom. The maximum absolute atomic E-state index is 12.1. The number of hydrogen-bond donors (Lipinski definition) is 1. The Hall–Kier alpha value is -2.05. The highest BCUT2D eigenvalue weighted by Crippen LogP contribution is 2.18. The van der Waals surface area contributed by atoms with Crippen LogP contribution in [0.3, 0.4) is 0 Å². The van der Waals surface area contributed by atoms with E-state index in [1.54, 1.807) is 22.1 Å². The maximum Gasteiger partial charge on any atom is 0.410 e. The van der Waals surface area contributed by atoms with E-state index >= 15 is 0 Å². The summed E-state index contributed by atoms with van der Waals surface area (Å²) in [6, 6.07) is 1.80. The molecule has 1 aromatic rings. The number of aromatic amines is 1. The van der Waals surface area contributed by atoms with Crippen LogP contribution in [-0.4, -0.2) is 64.3 Å². The fraction of sp³-hybridized carbons (Fsp3) is 0.545. The van der Waals surface area contributed by atoms with Crippen LogP contribution in [0.15, 0.2) is 12.3 Å². The molecular weight excluding hydrogens is 236 g/mol. The fourth-order valence-electron chi connectivity index (χ4n) is 2.37. The number of ether oxygens (including phenoxy) is 1. The summed E-state index contributed by atoms with van der Waals surface area (Å²) in [7, 11) is 0. The molecule has 7 nitrogen and oxygen atoms in total. The van der Waals surface area contributed by atoms with E-state index in [9.17, 15) is 9.59 Å². The van der Waals surface area contributed by atoms with Gasteiger partial charge < -0.3 is 9.64 Å². The summed E-state index contributed by atoms with van der Waals surface area (Å²) in [6.45, 7) is 2.06. The molecule has 0 bridgehead atoms. The van der Waals surface area contributed by atoms with Crippen molar-refractivity contribution >= 4 is 12.0 Å². The van der Waals surface area contributed by atoms with Gasteiger partial charge in [-0.1, -0.05) is 0 Å². The van der Waals surface area contributed by atoms with Gasteiger partial charge in [-0.2, -0.15) is 5.10 Å². The van der Waals surface area contributed by atoms with Gasteiger partial charge in [-0.3, -0.25) is 14.8 Å². The summed E-state index contributed by atoms with van der Waals surface area (Å²) in [5.41, 5.74) is 0.807. The number of carbonyl (C=O) groups is 2. The number of piperazine rings is 1. The lowest BCUT2D eigenvalue weighted by Crippen LogP contribution is -2.54. The molecule has 2 amide bonds. The Morgan fingerprint density at radius 3 is 3.22 bits per heavy atom. The molecular formula is C11H14N4O3. The van der Waals surface area contributed by atoms with Gasteiger partial charge in [0.15, 0.2) is 0 Å². The SMILES string of the molecule is O=C(Cc1ccn[nH]1)N1CCN2C(=O)OCC2C1. The third-order valence-corrected chi connectivity index (χ3v) is 3.37. The number of rotatable bonds is 2. The van der Waals surface area contributed by atoms with Crippen molar-refractivity contribution in [3.8, 4) is 0 Å². The molecule has 2 aliphatic rings. The van der Waals surface area contributed by atoms with Gasteiger partial charge in [0.1, 0.15) is 6.61 Å². The van der Waals surface area contributed by atoms with Gasteiger partial charge in [-0.25, -0.2) is 4.79 Å². The minimum atomic E-state index is -0.263. The van der Waals surface area contributed by atoms with Gasteiger partial charge in [-0.15, -0.1) is 0 Å². The lowest BCUT2D eigenvalue weighted by Gasteiger charge is -2.35. The molecule has 0 aliphatic carbocycles. The van der Waals surface area contributed by atoms with Crippen molar-refractivity contribution < 1.29 is 14.3 Å². The Labute approximate surface area is 104 Å². The minimum absolute atomic E-state index is 0.0111. The van der Waals surface area contributed by atoms with Crippen LogP contribution in [0.4, 0.5) is 4.79 Å². The van der Waals surface area contributed by atoms with E-state index in [2.05, 4.69) is 10.2 Å². The van der Waals surface area contributed by atoms with Gasteiger partial charge in [0.25, 0.3) is 0 Å². The predicted molar refractivity (Wildman–Crippen MR) is 60.7 cm³/mol. The molecule has 1 aromatic heterocycles. The summed E-state index contributed by atoms with van der Waals surface area (Å²) in [5.74, 6) is 0.0539. The average Bonchev–Trinajstić information content (AvgIpc) is 2.99. The van der Waals surface area contributed by atoms with Crippen molar-refractivity contribution in [2.75, 3.05) is 26.2 Å². The molecule has 0 spiro atoms. The quantitative estimate of drug-likeness (QED) is 0.775. The second-order valence-electron chi connectivity index (χ2n) is 4.52. The zero-order valence-electron chi connectivity index (χ0n) is 9.83. The second-order valence-corrected chi connectivity index (χ2v) is 4.52. The van der Waals surface area contributed by atoms with Gasteiger partial charge in [0.2, 0.25) is 5.91 Å². The number of cyclic esters (lactones) is 1. The van der Waals surface area contributed by atoms with E-state index in [-0.39, 0.29) is 18.0 Å². The fourth-order valence-corrected chi connectivity index (χ4v) is 2.37. The molecule has 0 radical (unpaired) electrons. The van der Waals surface area contributed by atoms with Gasteiger partial charge in [-0.05, 0) is 6.07 Å². The Bertz CT molecular complexity index is 459. The smallest absolute Gasteiger partial charge is 0.410 e. The number of H-pyrrole nitrogens is 1. The minimum Gasteiger partial charge on any atom is -0.447 e. The molecule has 1 unspecified atom stereocenters. The third-order valence-electron chi connectivity index (χ3n) is 3.37. The molecule has 0 saturated carbocycles. The van der Waals surface area contributed by atoms with Crippen LogP contribution in [-0.2, 0) is 16.0 Å². The van der Waals surface area contributed by atoms with Crippen LogP contribution in [0.1, 0.15) is 5.69 Å². The van der Waals surface area contributed by atoms with Crippen molar-refractivity contribution in [1.29, 1.82) is 0 Å². The van der Waals surface area contributed by atoms with Crippen LogP contribution in [0.2, 0.25) is 0 Å². The van der Waals surface area contributed by atoms with E-state index in [0.29, 0.717) is 32.7 Å². The zero-order valence-corrected chi connectivity index (χ0v) is 9.83. The number of amides is 2. The van der Waals surface area contributed by atoms with Crippen LogP contribution >= 0.6 is 0 Å². The molecule has 7 heteroatoms. The van der Waals surface area contributed by atoms with Crippen molar-refractivity contribution in [2.45, 2.75) is 12.5 Å². The van der Waals surface area contributed by atoms with E-state index in [4.69, 9.17) is 4.74 Å². The second kappa shape index (κ2) is 4.32. The largest absolute Gasteiger partial charge is 0.447 e. The van der Waals surface area contributed by atoms with Crippen LogP contribution < -0.4 is 0 Å². The lowest BCUT2D eigenvalue weighted by atomic mass is 10.2. The van der Waals surface area contributed by atoms with Crippen LogP contribution in [0, 0.1) is 0 Å². The summed E-state index contributed by atoms with van der Waals surface area (Å²) >= 11 is 0. The van der Waals surface area contributed by atoms with Crippen molar-refractivity contribution in [2.24, 2.45) is 0 Å². The van der Waals surface area contributed by atoms with Gasteiger partial charge >= 0.3 is 6.09 Å². The number of carbonyl (C=O) groups excluding carboxylic acids is 2. The lowest BCUT2D eigenvalue weighted by molar-refractivity contribution is -0.132. The van der Waals surface area contributed by atoms with E-state index in [1.165, 1.54) is 0 Å². The molecule has 2 saturated heterocycles. The summed E-state index contributed by atoms with van der Waals surface area (Å²) in [5, 5.41) is 6.59. The monoisotopic (exact) mass is 250 g/mol. The van der Waals surface area contributed by atoms with E-state index in [0.717, 1.165) is 5.69 Å². The number of aromatic nitrogens is 2. The molecule has 3 rings (SSSR count). The van der Waals surface area contributed by atoms with E-state index in [1.807, 2.05) is 0 Å². The summed E-state index contributed by atoms with van der Waals surface area (Å²) < 4.78 is 4.97. The molecule has 2 aliphatic heterocycles. The van der Waals surface area contributed by atoms with Crippen molar-refractivity contribution in [1.82, 2.24) is 20.0 Å². The third kappa shape index (κ3) is 1.92. The number of nitrogens with one attached hydrogen (secondary N) is 1. The first-order valence-corrected chi connectivity index (χ1v) is 5.93. The first-order chi connectivity index (χ1) is 8.74. The highest BCUT2D eigenvalue weighted by atomic mass is 16.6. The standard InChI is InChI=1S/C11H14N4O3/c16-10(5-8-1-2-12-13-8)14-3-4-15-9(6-14)7-18-11(15)17/h1-2,9H,3-7H2,(H,12,13). The van der Waals surface area contributed by atoms with E-state index < -0.39 is 0 Å². The normalized spacial score (nSPS) is 22.9. The molecule has 18 heavy (non-hydrogen) atoms. The average molecular weight is 250 g/mol. The molecule has 96 valence electrons. The number of fused-ring (bicyclic) bond motifs is 1. The van der Waals surface area contributed by atoms with Gasteiger partial charge in [0, 0.05) is 31.5 Å². The highest BCUT2D eigenvalue weighted by Gasteiger charge is 2.38. The molecule has 1 atom stereocenters. The maximum atomic E-state index is 12.1. The van der Waals surface area contributed by atoms with Crippen molar-refractivity contribution in [3.05, 3.63) is 18.0 Å². The zero-order chi connectivity index (χ0) is 12.5.